The quantitative estimate of drug-likeness (QED) is 0.506. The number of unbranched alkanes of at least 4 members (excludes halogenated alkanes) is 5. The van der Waals surface area contributed by atoms with E-state index in [1.165, 1.54) is 25.7 Å². The molecule has 1 rings (SSSR count). The number of ether oxygens (including phenoxy) is 1. The fourth-order valence-corrected chi connectivity index (χ4v) is 1.90. The van der Waals surface area contributed by atoms with E-state index in [2.05, 4.69) is 17.8 Å². The molecule has 4 nitrogen and oxygen atoms in total. The van der Waals surface area contributed by atoms with Crippen molar-refractivity contribution in [2.45, 2.75) is 52.0 Å². The first-order chi connectivity index (χ1) is 9.83. The van der Waals surface area contributed by atoms with Crippen LogP contribution < -0.4 is 10.9 Å². The molecule has 1 aromatic rings. The number of amides is 1. The summed E-state index contributed by atoms with van der Waals surface area (Å²) in [5.41, 5.74) is 6.49. The zero-order chi connectivity index (χ0) is 14.5. The van der Waals surface area contributed by atoms with Gasteiger partial charge in [0, 0.05) is 6.54 Å². The van der Waals surface area contributed by atoms with Gasteiger partial charge in [-0.3, -0.25) is 5.43 Å². The summed E-state index contributed by atoms with van der Waals surface area (Å²) in [4.78, 5) is 11.4. The molecule has 4 heteroatoms. The summed E-state index contributed by atoms with van der Waals surface area (Å²) in [6.45, 7) is 3.29. The molecule has 20 heavy (non-hydrogen) atoms. The molecule has 0 saturated heterocycles. The summed E-state index contributed by atoms with van der Waals surface area (Å²) in [6, 6.07) is 9.89. The summed E-state index contributed by atoms with van der Waals surface area (Å²) in [5, 5.41) is 0. The normalized spacial score (nSPS) is 10.2. The third-order valence-corrected chi connectivity index (χ3v) is 3.06. The van der Waals surface area contributed by atoms with Crippen LogP contribution in [0.5, 0.6) is 0 Å². The molecule has 0 heterocycles. The largest absolute Gasteiger partial charge is 0.449 e. The number of nitrogens with one attached hydrogen (secondary N) is 2. The van der Waals surface area contributed by atoms with Crippen molar-refractivity contribution in [1.82, 2.24) is 10.9 Å². The van der Waals surface area contributed by atoms with E-state index in [1.807, 2.05) is 30.3 Å². The third-order valence-electron chi connectivity index (χ3n) is 3.06. The molecule has 0 aliphatic carbocycles. The number of hydrogen-bond donors (Lipinski definition) is 2. The van der Waals surface area contributed by atoms with E-state index in [0.717, 1.165) is 18.4 Å². The second kappa shape index (κ2) is 11.3. The fraction of sp³-hybridized carbons (Fsp3) is 0.562. The van der Waals surface area contributed by atoms with Crippen LogP contribution in [-0.4, -0.2) is 12.7 Å². The Kier molecular flexibility index (Phi) is 9.32. The van der Waals surface area contributed by atoms with E-state index < -0.39 is 6.09 Å². The van der Waals surface area contributed by atoms with Crippen LogP contribution in [0, 0.1) is 0 Å². The maximum absolute atomic E-state index is 11.4. The Bertz CT molecular complexity index is 355. The Morgan fingerprint density at radius 2 is 1.75 bits per heavy atom. The minimum absolute atomic E-state index is 0.408. The first-order valence-corrected chi connectivity index (χ1v) is 7.52. The van der Waals surface area contributed by atoms with Gasteiger partial charge in [-0.05, 0) is 12.0 Å². The van der Waals surface area contributed by atoms with Gasteiger partial charge < -0.3 is 4.74 Å². The minimum atomic E-state index is -0.408. The Morgan fingerprint density at radius 3 is 2.50 bits per heavy atom. The van der Waals surface area contributed by atoms with E-state index in [-0.39, 0.29) is 0 Å². The summed E-state index contributed by atoms with van der Waals surface area (Å²) in [7, 11) is 0. The van der Waals surface area contributed by atoms with Crippen LogP contribution in [0.15, 0.2) is 30.3 Å². The lowest BCUT2D eigenvalue weighted by Crippen LogP contribution is -2.37. The summed E-state index contributed by atoms with van der Waals surface area (Å²) in [6.07, 6.45) is 6.72. The van der Waals surface area contributed by atoms with Crippen molar-refractivity contribution < 1.29 is 9.53 Å². The first kappa shape index (κ1) is 16.5. The van der Waals surface area contributed by atoms with Gasteiger partial charge in [-0.15, -0.1) is 0 Å². The average Bonchev–Trinajstić information content (AvgIpc) is 2.47. The van der Waals surface area contributed by atoms with Crippen molar-refractivity contribution in [3.05, 3.63) is 35.9 Å². The van der Waals surface area contributed by atoms with Gasteiger partial charge in [0.15, 0.2) is 0 Å². The maximum atomic E-state index is 11.4. The molecule has 0 radical (unpaired) electrons. The van der Waals surface area contributed by atoms with Crippen LogP contribution in [0.1, 0.15) is 51.0 Å². The van der Waals surface area contributed by atoms with Gasteiger partial charge in [-0.1, -0.05) is 69.4 Å². The van der Waals surface area contributed by atoms with Gasteiger partial charge >= 0.3 is 6.09 Å². The second-order valence-electron chi connectivity index (χ2n) is 4.87. The van der Waals surface area contributed by atoms with Crippen molar-refractivity contribution in [1.29, 1.82) is 0 Å². The lowest BCUT2D eigenvalue weighted by atomic mass is 10.1. The van der Waals surface area contributed by atoms with E-state index in [4.69, 9.17) is 4.74 Å². The SMILES string of the molecule is CCCCCCCCOC(=O)NNCc1ccccc1. The van der Waals surface area contributed by atoms with Gasteiger partial charge in [0.2, 0.25) is 0 Å². The first-order valence-electron chi connectivity index (χ1n) is 7.52. The lowest BCUT2D eigenvalue weighted by molar-refractivity contribution is 0.139. The third kappa shape index (κ3) is 8.53. The highest BCUT2D eigenvalue weighted by atomic mass is 16.6. The molecule has 0 aromatic heterocycles. The van der Waals surface area contributed by atoms with E-state index >= 15 is 0 Å². The maximum Gasteiger partial charge on any atom is 0.421 e. The zero-order valence-electron chi connectivity index (χ0n) is 12.4. The molecular formula is C16H26N2O2. The molecule has 0 aliphatic heterocycles. The van der Waals surface area contributed by atoms with Gasteiger partial charge in [0.25, 0.3) is 0 Å². The van der Waals surface area contributed by atoms with Gasteiger partial charge in [0.05, 0.1) is 6.61 Å². The molecule has 1 amide bonds. The van der Waals surface area contributed by atoms with Crippen molar-refractivity contribution in [3.63, 3.8) is 0 Å². The standard InChI is InChI=1S/C16H26N2O2/c1-2-3-4-5-6-10-13-20-16(19)18-17-14-15-11-8-7-9-12-15/h7-9,11-12,17H,2-6,10,13-14H2,1H3,(H,18,19). The molecule has 0 fully saturated rings. The topological polar surface area (TPSA) is 50.4 Å². The number of carbonyl (C=O) groups is 1. The number of rotatable bonds is 10. The highest BCUT2D eigenvalue weighted by molar-refractivity contribution is 5.66. The van der Waals surface area contributed by atoms with Crippen LogP contribution in [0.25, 0.3) is 0 Å². The van der Waals surface area contributed by atoms with Crippen LogP contribution >= 0.6 is 0 Å². The minimum Gasteiger partial charge on any atom is -0.449 e. The predicted molar refractivity (Wildman–Crippen MR) is 81.1 cm³/mol. The van der Waals surface area contributed by atoms with Crippen molar-refractivity contribution >= 4 is 6.09 Å². The fourth-order valence-electron chi connectivity index (χ4n) is 1.90. The monoisotopic (exact) mass is 278 g/mol. The summed E-state index contributed by atoms with van der Waals surface area (Å²) >= 11 is 0. The summed E-state index contributed by atoms with van der Waals surface area (Å²) < 4.78 is 5.07. The van der Waals surface area contributed by atoms with Gasteiger partial charge in [0.1, 0.15) is 0 Å². The molecule has 0 aliphatic rings. The van der Waals surface area contributed by atoms with Crippen molar-refractivity contribution in [2.24, 2.45) is 0 Å². The van der Waals surface area contributed by atoms with Gasteiger partial charge in [-0.25, -0.2) is 10.2 Å². The molecule has 0 unspecified atom stereocenters. The smallest absolute Gasteiger partial charge is 0.421 e. The summed E-state index contributed by atoms with van der Waals surface area (Å²) in [5.74, 6) is 0. The average molecular weight is 278 g/mol. The number of benzene rings is 1. The molecule has 0 spiro atoms. The molecule has 112 valence electrons. The van der Waals surface area contributed by atoms with Crippen LogP contribution in [-0.2, 0) is 11.3 Å². The van der Waals surface area contributed by atoms with Crippen LogP contribution in [0.3, 0.4) is 0 Å². The molecule has 0 bridgehead atoms. The highest BCUT2D eigenvalue weighted by Gasteiger charge is 2.00. The van der Waals surface area contributed by atoms with Crippen molar-refractivity contribution in [2.75, 3.05) is 6.61 Å². The molecule has 2 N–H and O–H groups in total. The second-order valence-corrected chi connectivity index (χ2v) is 4.87. The molecule has 0 saturated carbocycles. The van der Waals surface area contributed by atoms with Gasteiger partial charge in [-0.2, -0.15) is 0 Å². The molecule has 1 aromatic carbocycles. The Balaban J connectivity index is 1.93. The highest BCUT2D eigenvalue weighted by Crippen LogP contribution is 2.04. The zero-order valence-corrected chi connectivity index (χ0v) is 12.4. The Labute approximate surface area is 121 Å². The van der Waals surface area contributed by atoms with E-state index in [1.54, 1.807) is 0 Å². The molecule has 0 atom stereocenters. The van der Waals surface area contributed by atoms with Crippen molar-refractivity contribution in [3.8, 4) is 0 Å². The Morgan fingerprint density at radius 1 is 1.05 bits per heavy atom. The predicted octanol–water partition coefficient (Wildman–Crippen LogP) is 3.78. The Hall–Kier alpha value is -1.55. The molecular weight excluding hydrogens is 252 g/mol. The van der Waals surface area contributed by atoms with E-state index in [9.17, 15) is 4.79 Å². The van der Waals surface area contributed by atoms with Crippen LogP contribution in [0.2, 0.25) is 0 Å². The number of carbonyl (C=O) groups excluding carboxylic acids is 1. The lowest BCUT2D eigenvalue weighted by Gasteiger charge is -2.08. The van der Waals surface area contributed by atoms with E-state index in [0.29, 0.717) is 13.2 Å². The number of hydrazine groups is 1. The van der Waals surface area contributed by atoms with Crippen LogP contribution in [0.4, 0.5) is 4.79 Å². The number of hydrogen-bond acceptors (Lipinski definition) is 3.